The summed E-state index contributed by atoms with van der Waals surface area (Å²) >= 11 is 0. The molecule has 0 saturated heterocycles. The molecular weight excluding hydrogens is 348 g/mol. The number of rotatable bonds is 10. The minimum atomic E-state index is -0.639. The largest absolute Gasteiger partial charge is 0.461 e. The number of carbonyl (C=O) groups is 3. The first kappa shape index (κ1) is 22.9. The Kier molecular flexibility index (Phi) is 8.69. The molecule has 1 atom stereocenters. The van der Waals surface area contributed by atoms with E-state index >= 15 is 0 Å². The van der Waals surface area contributed by atoms with Crippen LogP contribution in [0.25, 0.3) is 0 Å². The van der Waals surface area contributed by atoms with Crippen LogP contribution >= 0.6 is 0 Å². The molecule has 0 saturated carbocycles. The van der Waals surface area contributed by atoms with Crippen LogP contribution in [0.15, 0.2) is 0 Å². The van der Waals surface area contributed by atoms with Crippen molar-refractivity contribution in [2.24, 2.45) is 5.92 Å². The summed E-state index contributed by atoms with van der Waals surface area (Å²) in [6.45, 7) is 11.8. The van der Waals surface area contributed by atoms with Gasteiger partial charge in [-0.3, -0.25) is 9.59 Å². The van der Waals surface area contributed by atoms with Gasteiger partial charge >= 0.3 is 5.97 Å². The Morgan fingerprint density at radius 1 is 1.15 bits per heavy atom. The molecule has 1 rings (SSSR count). The molecule has 0 radical (unpaired) electrons. The summed E-state index contributed by atoms with van der Waals surface area (Å²) < 4.78 is 10.1. The number of methoxy groups -OCH3 is 1. The van der Waals surface area contributed by atoms with E-state index in [0.717, 1.165) is 0 Å². The minimum absolute atomic E-state index is 0.0802. The number of aromatic amines is 1. The normalized spacial score (nSPS) is 12.1. The summed E-state index contributed by atoms with van der Waals surface area (Å²) in [4.78, 5) is 42.5. The highest BCUT2D eigenvalue weighted by Gasteiger charge is 2.31. The second kappa shape index (κ2) is 10.3. The van der Waals surface area contributed by atoms with Crippen LogP contribution in [0.2, 0.25) is 0 Å². The van der Waals surface area contributed by atoms with Crippen molar-refractivity contribution >= 4 is 17.7 Å². The van der Waals surface area contributed by atoms with Crippen molar-refractivity contribution in [3.05, 3.63) is 22.5 Å². The molecule has 1 aromatic rings. The van der Waals surface area contributed by atoms with Crippen LogP contribution in [0, 0.1) is 19.8 Å². The van der Waals surface area contributed by atoms with Gasteiger partial charge in [-0.05, 0) is 39.7 Å². The summed E-state index contributed by atoms with van der Waals surface area (Å²) in [7, 11) is 1.60. The molecule has 7 nitrogen and oxygen atoms in total. The van der Waals surface area contributed by atoms with Crippen molar-refractivity contribution in [1.29, 1.82) is 0 Å². The van der Waals surface area contributed by atoms with Gasteiger partial charge in [-0.25, -0.2) is 4.79 Å². The molecule has 1 unspecified atom stereocenters. The van der Waals surface area contributed by atoms with Crippen molar-refractivity contribution in [3.63, 3.8) is 0 Å². The summed E-state index contributed by atoms with van der Waals surface area (Å²) in [5, 5.41) is 0. The molecule has 0 bridgehead atoms. The molecule has 1 amide bonds. The molecule has 1 aromatic heterocycles. The summed E-state index contributed by atoms with van der Waals surface area (Å²) in [5.41, 5.74) is 1.88. The maximum Gasteiger partial charge on any atom is 0.355 e. The number of Topliss-reactive ketones (excluding diaryl/α,β-unsaturated/α-hetero) is 1. The van der Waals surface area contributed by atoms with E-state index in [0.29, 0.717) is 36.4 Å². The smallest absolute Gasteiger partial charge is 0.355 e. The van der Waals surface area contributed by atoms with Crippen LogP contribution in [0.1, 0.15) is 66.2 Å². The first-order chi connectivity index (χ1) is 12.7. The molecule has 0 aliphatic carbocycles. The molecule has 27 heavy (non-hydrogen) atoms. The van der Waals surface area contributed by atoms with Crippen molar-refractivity contribution in [2.75, 3.05) is 26.9 Å². The Balaban J connectivity index is 3.16. The summed E-state index contributed by atoms with van der Waals surface area (Å²) in [6.07, 6.45) is 0.645. The lowest BCUT2D eigenvalue weighted by Crippen LogP contribution is -2.46. The Labute approximate surface area is 161 Å². The predicted octanol–water partition coefficient (Wildman–Crippen LogP) is 2.90. The van der Waals surface area contributed by atoms with Crippen LogP contribution in [-0.4, -0.2) is 60.5 Å². The Morgan fingerprint density at radius 2 is 1.78 bits per heavy atom. The number of nitrogens with one attached hydrogen (secondary N) is 1. The zero-order chi connectivity index (χ0) is 20.7. The summed E-state index contributed by atoms with van der Waals surface area (Å²) in [5.74, 6) is -0.974. The van der Waals surface area contributed by atoms with E-state index in [1.165, 1.54) is 0 Å². The van der Waals surface area contributed by atoms with Gasteiger partial charge in [0.05, 0.1) is 12.6 Å². The molecule has 1 N–H and O–H groups in total. The Hall–Kier alpha value is -2.15. The highest BCUT2D eigenvalue weighted by atomic mass is 16.5. The predicted molar refractivity (Wildman–Crippen MR) is 103 cm³/mol. The van der Waals surface area contributed by atoms with Crippen LogP contribution in [0.3, 0.4) is 0 Å². The van der Waals surface area contributed by atoms with Crippen molar-refractivity contribution in [3.8, 4) is 0 Å². The van der Waals surface area contributed by atoms with Gasteiger partial charge in [0.15, 0.2) is 5.78 Å². The van der Waals surface area contributed by atoms with Crippen LogP contribution in [0.5, 0.6) is 0 Å². The van der Waals surface area contributed by atoms with Gasteiger partial charge < -0.3 is 19.4 Å². The number of nitrogens with zero attached hydrogens (tertiary/aromatic N) is 1. The first-order valence-corrected chi connectivity index (χ1v) is 9.37. The van der Waals surface area contributed by atoms with Gasteiger partial charge in [0, 0.05) is 37.4 Å². The monoisotopic (exact) mass is 380 g/mol. The molecule has 0 aliphatic heterocycles. The molecule has 7 heteroatoms. The first-order valence-electron chi connectivity index (χ1n) is 9.37. The number of H-pyrrole nitrogens is 1. The van der Waals surface area contributed by atoms with Crippen LogP contribution in [-0.2, 0) is 14.3 Å². The highest BCUT2D eigenvalue weighted by Crippen LogP contribution is 2.23. The number of aromatic nitrogens is 1. The third-order valence-corrected chi connectivity index (χ3v) is 4.53. The highest BCUT2D eigenvalue weighted by molar-refractivity contribution is 6.06. The summed E-state index contributed by atoms with van der Waals surface area (Å²) in [6, 6.07) is -0.639. The lowest BCUT2D eigenvalue weighted by Gasteiger charge is -2.30. The molecule has 0 aromatic carbocycles. The average Bonchev–Trinajstić information content (AvgIpc) is 2.91. The fourth-order valence-electron chi connectivity index (χ4n) is 3.08. The Bertz CT molecular complexity index is 678. The molecule has 1 heterocycles. The minimum Gasteiger partial charge on any atom is -0.461 e. The second-order valence-corrected chi connectivity index (χ2v) is 6.92. The number of amides is 1. The standard InChI is InChI=1S/C20H32N2O5/c1-8-27-20(25)17-13(4)16(14(5)21-17)18(23)15(6)22(10-9-11-26-7)19(24)12(2)3/h12,15,21H,8-11H2,1-7H3. The fraction of sp³-hybridized carbons (Fsp3) is 0.650. The third kappa shape index (κ3) is 5.42. The van der Waals surface area contributed by atoms with Gasteiger partial charge in [-0.2, -0.15) is 0 Å². The van der Waals surface area contributed by atoms with E-state index in [1.807, 2.05) is 13.8 Å². The van der Waals surface area contributed by atoms with Gasteiger partial charge in [0.1, 0.15) is 5.69 Å². The molecule has 0 aliphatic rings. The zero-order valence-corrected chi connectivity index (χ0v) is 17.5. The van der Waals surface area contributed by atoms with Crippen LogP contribution in [0.4, 0.5) is 0 Å². The second-order valence-electron chi connectivity index (χ2n) is 6.92. The van der Waals surface area contributed by atoms with E-state index in [9.17, 15) is 14.4 Å². The van der Waals surface area contributed by atoms with Crippen molar-refractivity contribution < 1.29 is 23.9 Å². The van der Waals surface area contributed by atoms with Gasteiger partial charge in [-0.15, -0.1) is 0 Å². The van der Waals surface area contributed by atoms with Crippen molar-refractivity contribution in [1.82, 2.24) is 9.88 Å². The van der Waals surface area contributed by atoms with E-state index in [4.69, 9.17) is 9.47 Å². The number of carbonyl (C=O) groups excluding carboxylic acids is 3. The maximum atomic E-state index is 13.2. The van der Waals surface area contributed by atoms with Gasteiger partial charge in [0.2, 0.25) is 5.91 Å². The van der Waals surface area contributed by atoms with E-state index < -0.39 is 12.0 Å². The lowest BCUT2D eigenvalue weighted by molar-refractivity contribution is -0.135. The lowest BCUT2D eigenvalue weighted by atomic mass is 9.98. The number of ether oxygens (including phenoxy) is 2. The zero-order valence-electron chi connectivity index (χ0n) is 17.5. The number of hydrogen-bond donors (Lipinski definition) is 1. The van der Waals surface area contributed by atoms with E-state index in [-0.39, 0.29) is 29.9 Å². The maximum absolute atomic E-state index is 13.2. The third-order valence-electron chi connectivity index (χ3n) is 4.53. The number of aryl methyl sites for hydroxylation is 1. The molecular formula is C20H32N2O5. The Morgan fingerprint density at radius 3 is 2.30 bits per heavy atom. The van der Waals surface area contributed by atoms with Crippen LogP contribution < -0.4 is 0 Å². The fourth-order valence-corrected chi connectivity index (χ4v) is 3.08. The molecule has 152 valence electrons. The molecule has 0 fully saturated rings. The van der Waals surface area contributed by atoms with Gasteiger partial charge in [0.25, 0.3) is 0 Å². The quantitative estimate of drug-likeness (QED) is 0.383. The SMILES string of the molecule is CCOC(=O)c1[nH]c(C)c(C(=O)C(C)N(CCCOC)C(=O)C(C)C)c1C. The number of ketones is 1. The number of hydrogen-bond acceptors (Lipinski definition) is 5. The van der Waals surface area contributed by atoms with Gasteiger partial charge in [-0.1, -0.05) is 13.8 Å². The number of esters is 1. The van der Waals surface area contributed by atoms with E-state index in [2.05, 4.69) is 4.98 Å². The molecule has 0 spiro atoms. The van der Waals surface area contributed by atoms with E-state index in [1.54, 1.807) is 39.7 Å². The topological polar surface area (TPSA) is 88.7 Å². The average molecular weight is 380 g/mol. The van der Waals surface area contributed by atoms with Crippen molar-refractivity contribution in [2.45, 2.75) is 54.0 Å².